The number of aromatic nitrogens is 1. The number of anilines is 1. The second kappa shape index (κ2) is 3.75. The lowest BCUT2D eigenvalue weighted by atomic mass is 10.1. The van der Waals surface area contributed by atoms with Crippen LogP contribution >= 0.6 is 11.3 Å². The largest absolute Gasteiger partial charge is 0.375 e. The monoisotopic (exact) mass is 208 g/mol. The van der Waals surface area contributed by atoms with Gasteiger partial charge in [0.1, 0.15) is 5.82 Å². The lowest BCUT2D eigenvalue weighted by molar-refractivity contribution is 0.627. The quantitative estimate of drug-likeness (QED) is 0.823. The molecule has 0 atom stereocenters. The van der Waals surface area contributed by atoms with Crippen LogP contribution in [-0.2, 0) is 6.42 Å². The number of nitrogens with two attached hydrogens (primary N) is 1. The van der Waals surface area contributed by atoms with Gasteiger partial charge in [0.05, 0.1) is 5.69 Å². The Morgan fingerprint density at radius 1 is 1.29 bits per heavy atom. The first-order valence-corrected chi connectivity index (χ1v) is 5.06. The molecule has 4 heteroatoms. The van der Waals surface area contributed by atoms with Crippen LogP contribution in [0.3, 0.4) is 0 Å². The van der Waals surface area contributed by atoms with Crippen LogP contribution in [0.25, 0.3) is 0 Å². The molecule has 2 N–H and O–H groups in total. The van der Waals surface area contributed by atoms with Crippen molar-refractivity contribution in [2.45, 2.75) is 6.42 Å². The van der Waals surface area contributed by atoms with Crippen LogP contribution in [0.1, 0.15) is 11.3 Å². The number of hydrogen-bond acceptors (Lipinski definition) is 3. The summed E-state index contributed by atoms with van der Waals surface area (Å²) in [5, 5.41) is 2.49. The summed E-state index contributed by atoms with van der Waals surface area (Å²) in [4.78, 5) is 4.13. The summed E-state index contributed by atoms with van der Waals surface area (Å²) < 4.78 is 12.6. The SMILES string of the molecule is Nc1nc(Cc2ccc(F)cc2)cs1. The second-order valence-corrected chi connectivity index (χ2v) is 3.87. The van der Waals surface area contributed by atoms with Gasteiger partial charge in [-0.15, -0.1) is 11.3 Å². The van der Waals surface area contributed by atoms with Crippen LogP contribution in [-0.4, -0.2) is 4.98 Å². The smallest absolute Gasteiger partial charge is 0.180 e. The molecule has 1 aromatic heterocycles. The average molecular weight is 208 g/mol. The fourth-order valence-electron chi connectivity index (χ4n) is 1.22. The first-order chi connectivity index (χ1) is 6.74. The minimum atomic E-state index is -0.216. The van der Waals surface area contributed by atoms with Gasteiger partial charge in [-0.1, -0.05) is 12.1 Å². The fourth-order valence-corrected chi connectivity index (χ4v) is 1.78. The van der Waals surface area contributed by atoms with Crippen LogP contribution in [0, 0.1) is 5.82 Å². The van der Waals surface area contributed by atoms with Crippen molar-refractivity contribution < 1.29 is 4.39 Å². The summed E-state index contributed by atoms with van der Waals surface area (Å²) in [6.07, 6.45) is 0.702. The zero-order chi connectivity index (χ0) is 9.97. The average Bonchev–Trinajstić information content (AvgIpc) is 2.56. The van der Waals surface area contributed by atoms with Crippen LogP contribution < -0.4 is 5.73 Å². The zero-order valence-electron chi connectivity index (χ0n) is 7.40. The molecule has 0 amide bonds. The van der Waals surface area contributed by atoms with Crippen molar-refractivity contribution >= 4 is 16.5 Å². The Morgan fingerprint density at radius 2 is 2.00 bits per heavy atom. The molecule has 0 saturated heterocycles. The Balaban J connectivity index is 2.15. The molecule has 0 radical (unpaired) electrons. The van der Waals surface area contributed by atoms with Gasteiger partial charge >= 0.3 is 0 Å². The van der Waals surface area contributed by atoms with Gasteiger partial charge in [0, 0.05) is 11.8 Å². The minimum Gasteiger partial charge on any atom is -0.375 e. The number of benzene rings is 1. The van der Waals surface area contributed by atoms with Gasteiger partial charge in [-0.2, -0.15) is 0 Å². The fraction of sp³-hybridized carbons (Fsp3) is 0.100. The van der Waals surface area contributed by atoms with E-state index in [4.69, 9.17) is 5.73 Å². The number of hydrogen-bond donors (Lipinski definition) is 1. The highest BCUT2D eigenvalue weighted by Gasteiger charge is 2.00. The molecule has 0 unspecified atom stereocenters. The van der Waals surface area contributed by atoms with E-state index in [1.54, 1.807) is 12.1 Å². The number of thiazole rings is 1. The van der Waals surface area contributed by atoms with Gasteiger partial charge in [-0.3, -0.25) is 0 Å². The standard InChI is InChI=1S/C10H9FN2S/c11-8-3-1-7(2-4-8)5-9-6-14-10(12)13-9/h1-4,6H,5H2,(H2,12,13). The Kier molecular flexibility index (Phi) is 2.45. The lowest BCUT2D eigenvalue weighted by Gasteiger charge is -1.97. The Hall–Kier alpha value is -1.42. The maximum Gasteiger partial charge on any atom is 0.180 e. The van der Waals surface area contributed by atoms with Gasteiger partial charge < -0.3 is 5.73 Å². The third-order valence-corrected chi connectivity index (χ3v) is 2.59. The molecular formula is C10H9FN2S. The van der Waals surface area contributed by atoms with E-state index in [9.17, 15) is 4.39 Å². The summed E-state index contributed by atoms with van der Waals surface area (Å²) >= 11 is 1.42. The van der Waals surface area contributed by atoms with Crippen LogP contribution in [0.15, 0.2) is 29.6 Å². The molecule has 0 saturated carbocycles. The van der Waals surface area contributed by atoms with E-state index >= 15 is 0 Å². The summed E-state index contributed by atoms with van der Waals surface area (Å²) in [7, 11) is 0. The molecule has 0 aliphatic heterocycles. The van der Waals surface area contributed by atoms with Gasteiger partial charge in [-0.05, 0) is 17.7 Å². The molecule has 0 spiro atoms. The highest BCUT2D eigenvalue weighted by atomic mass is 32.1. The first kappa shape index (κ1) is 9.15. The molecule has 1 heterocycles. The molecule has 14 heavy (non-hydrogen) atoms. The van der Waals surface area contributed by atoms with E-state index in [0.717, 1.165) is 11.3 Å². The third kappa shape index (κ3) is 2.09. The third-order valence-electron chi connectivity index (χ3n) is 1.87. The van der Waals surface area contributed by atoms with E-state index in [0.29, 0.717) is 11.6 Å². The van der Waals surface area contributed by atoms with E-state index < -0.39 is 0 Å². The van der Waals surface area contributed by atoms with Crippen molar-refractivity contribution in [2.75, 3.05) is 5.73 Å². The maximum atomic E-state index is 12.6. The van der Waals surface area contributed by atoms with Crippen LogP contribution in [0.4, 0.5) is 9.52 Å². The molecule has 1 aromatic carbocycles. The summed E-state index contributed by atoms with van der Waals surface area (Å²) in [5.41, 5.74) is 7.47. The van der Waals surface area contributed by atoms with E-state index in [1.807, 2.05) is 5.38 Å². The second-order valence-electron chi connectivity index (χ2n) is 2.98. The van der Waals surface area contributed by atoms with Gasteiger partial charge in [-0.25, -0.2) is 9.37 Å². The first-order valence-electron chi connectivity index (χ1n) is 4.18. The summed E-state index contributed by atoms with van der Waals surface area (Å²) in [6, 6.07) is 6.41. The van der Waals surface area contributed by atoms with Crippen molar-refractivity contribution in [1.29, 1.82) is 0 Å². The van der Waals surface area contributed by atoms with Crippen molar-refractivity contribution in [3.8, 4) is 0 Å². The van der Waals surface area contributed by atoms with Crippen molar-refractivity contribution in [2.24, 2.45) is 0 Å². The molecule has 2 nitrogen and oxygen atoms in total. The normalized spacial score (nSPS) is 10.4. The van der Waals surface area contributed by atoms with E-state index in [2.05, 4.69) is 4.98 Å². The Labute approximate surface area is 85.2 Å². The number of rotatable bonds is 2. The Morgan fingerprint density at radius 3 is 2.57 bits per heavy atom. The lowest BCUT2D eigenvalue weighted by Crippen LogP contribution is -1.90. The highest BCUT2D eigenvalue weighted by Crippen LogP contribution is 2.15. The van der Waals surface area contributed by atoms with Crippen molar-refractivity contribution in [3.63, 3.8) is 0 Å². The molecule has 0 aliphatic carbocycles. The van der Waals surface area contributed by atoms with E-state index in [-0.39, 0.29) is 5.82 Å². The molecule has 2 rings (SSSR count). The predicted molar refractivity (Wildman–Crippen MR) is 55.7 cm³/mol. The van der Waals surface area contributed by atoms with Gasteiger partial charge in [0.2, 0.25) is 0 Å². The predicted octanol–water partition coefficient (Wildman–Crippen LogP) is 2.46. The van der Waals surface area contributed by atoms with Crippen molar-refractivity contribution in [3.05, 3.63) is 46.7 Å². The number of nitrogens with zero attached hydrogens (tertiary/aromatic N) is 1. The Bertz CT molecular complexity index is 422. The molecule has 72 valence electrons. The topological polar surface area (TPSA) is 38.9 Å². The molecule has 0 fully saturated rings. The van der Waals surface area contributed by atoms with E-state index in [1.165, 1.54) is 23.5 Å². The van der Waals surface area contributed by atoms with Crippen LogP contribution in [0.2, 0.25) is 0 Å². The van der Waals surface area contributed by atoms with Crippen molar-refractivity contribution in [1.82, 2.24) is 4.98 Å². The maximum absolute atomic E-state index is 12.6. The molecular weight excluding hydrogens is 199 g/mol. The van der Waals surface area contributed by atoms with Gasteiger partial charge in [0.25, 0.3) is 0 Å². The zero-order valence-corrected chi connectivity index (χ0v) is 8.22. The highest BCUT2D eigenvalue weighted by molar-refractivity contribution is 7.13. The molecule has 0 bridgehead atoms. The van der Waals surface area contributed by atoms with Gasteiger partial charge in [0.15, 0.2) is 5.13 Å². The molecule has 0 aliphatic rings. The summed E-state index contributed by atoms with van der Waals surface area (Å²) in [5.74, 6) is -0.216. The number of nitrogen functional groups attached to an aromatic ring is 1. The minimum absolute atomic E-state index is 0.216. The number of halogens is 1. The van der Waals surface area contributed by atoms with Crippen LogP contribution in [0.5, 0.6) is 0 Å². The molecule has 2 aromatic rings. The summed E-state index contributed by atoms with van der Waals surface area (Å²) in [6.45, 7) is 0.